The number of rotatable bonds is 4. The third-order valence-corrected chi connectivity index (χ3v) is 4.95. The molecule has 0 N–H and O–H groups in total. The highest BCUT2D eigenvalue weighted by atomic mass is 19.2. The average molecular weight is 413 g/mol. The van der Waals surface area contributed by atoms with Gasteiger partial charge in [-0.25, -0.2) is 13.2 Å². The van der Waals surface area contributed by atoms with Gasteiger partial charge in [0.15, 0.2) is 11.6 Å². The van der Waals surface area contributed by atoms with Crippen LogP contribution in [0.1, 0.15) is 23.1 Å². The monoisotopic (exact) mass is 413 g/mol. The van der Waals surface area contributed by atoms with Crippen LogP contribution in [-0.4, -0.2) is 4.98 Å². The number of benzene rings is 3. The van der Waals surface area contributed by atoms with Crippen molar-refractivity contribution in [2.24, 2.45) is 0 Å². The summed E-state index contributed by atoms with van der Waals surface area (Å²) in [5.74, 6) is 3.44. The molecule has 4 aromatic rings. The summed E-state index contributed by atoms with van der Waals surface area (Å²) in [5.41, 5.74) is 3.28. The Labute approximate surface area is 178 Å². The van der Waals surface area contributed by atoms with Crippen molar-refractivity contribution >= 4 is 10.8 Å². The van der Waals surface area contributed by atoms with Crippen molar-refractivity contribution in [3.05, 3.63) is 114 Å². The van der Waals surface area contributed by atoms with E-state index in [-0.39, 0.29) is 5.56 Å². The van der Waals surface area contributed by atoms with Crippen molar-refractivity contribution in [2.75, 3.05) is 0 Å². The fourth-order valence-electron chi connectivity index (χ4n) is 3.25. The first-order chi connectivity index (χ1) is 15.0. The number of aryl methyl sites for hydroxylation is 1. The molecule has 0 spiro atoms. The molecule has 0 atom stereocenters. The molecular formula is C27H18F3N. The molecule has 31 heavy (non-hydrogen) atoms. The van der Waals surface area contributed by atoms with Gasteiger partial charge in [-0.2, -0.15) is 0 Å². The molecule has 0 saturated carbocycles. The fourth-order valence-corrected chi connectivity index (χ4v) is 3.25. The Hall–Kier alpha value is -3.84. The highest BCUT2D eigenvalue weighted by Gasteiger charge is 2.06. The molecule has 1 aromatic heterocycles. The summed E-state index contributed by atoms with van der Waals surface area (Å²) in [6.07, 6.45) is 5.40. The van der Waals surface area contributed by atoms with Crippen molar-refractivity contribution in [3.8, 4) is 23.1 Å². The van der Waals surface area contributed by atoms with E-state index in [2.05, 4.69) is 23.4 Å². The number of hydrogen-bond donors (Lipinski definition) is 0. The minimum Gasteiger partial charge on any atom is -0.256 e. The number of hydrogen-bond acceptors (Lipinski definition) is 1. The zero-order valence-corrected chi connectivity index (χ0v) is 16.6. The molecule has 0 aliphatic rings. The van der Waals surface area contributed by atoms with Crippen molar-refractivity contribution < 1.29 is 13.2 Å². The average Bonchev–Trinajstić information content (AvgIpc) is 2.78. The Balaban J connectivity index is 1.57. The molecule has 1 nitrogen and oxygen atoms in total. The summed E-state index contributed by atoms with van der Waals surface area (Å²) in [5, 5.41) is 1.10. The van der Waals surface area contributed by atoms with E-state index in [0.717, 1.165) is 30.5 Å². The standard InChI is InChI=1S/C27H18F3N/c1-2-3-4-19-7-12-27(31-17-19)22-11-10-20(24(28)15-22)8-5-18-6-9-21-14-25(29)26(30)16-23(21)13-18/h2,6-7,9-17H,1,3-4H2. The fraction of sp³-hybridized carbons (Fsp3) is 0.0741. The van der Waals surface area contributed by atoms with Gasteiger partial charge >= 0.3 is 0 Å². The number of allylic oxidation sites excluding steroid dienone is 1. The predicted octanol–water partition coefficient (Wildman–Crippen LogP) is 6.84. The Bertz CT molecular complexity index is 1330. The predicted molar refractivity (Wildman–Crippen MR) is 118 cm³/mol. The van der Waals surface area contributed by atoms with Gasteiger partial charge in [0.25, 0.3) is 0 Å². The van der Waals surface area contributed by atoms with Gasteiger partial charge in [0.05, 0.1) is 11.3 Å². The first-order valence-corrected chi connectivity index (χ1v) is 9.80. The summed E-state index contributed by atoms with van der Waals surface area (Å²) in [6, 6.07) is 15.9. The summed E-state index contributed by atoms with van der Waals surface area (Å²) >= 11 is 0. The number of aromatic nitrogens is 1. The molecule has 0 fully saturated rings. The van der Waals surface area contributed by atoms with Gasteiger partial charge in [-0.15, -0.1) is 6.58 Å². The number of pyridine rings is 1. The molecule has 0 aliphatic carbocycles. The second-order valence-corrected chi connectivity index (χ2v) is 7.15. The van der Waals surface area contributed by atoms with E-state index in [0.29, 0.717) is 27.6 Å². The van der Waals surface area contributed by atoms with E-state index in [1.54, 1.807) is 36.5 Å². The van der Waals surface area contributed by atoms with Crippen LogP contribution in [0.4, 0.5) is 13.2 Å². The zero-order valence-electron chi connectivity index (χ0n) is 16.6. The Morgan fingerprint density at radius 2 is 1.61 bits per heavy atom. The highest BCUT2D eigenvalue weighted by Crippen LogP contribution is 2.22. The quantitative estimate of drug-likeness (QED) is 0.264. The van der Waals surface area contributed by atoms with Gasteiger partial charge < -0.3 is 0 Å². The van der Waals surface area contributed by atoms with Crippen LogP contribution in [0.15, 0.2) is 79.5 Å². The van der Waals surface area contributed by atoms with Gasteiger partial charge in [0.1, 0.15) is 5.82 Å². The van der Waals surface area contributed by atoms with E-state index >= 15 is 0 Å². The van der Waals surface area contributed by atoms with Crippen LogP contribution >= 0.6 is 0 Å². The third-order valence-electron chi connectivity index (χ3n) is 4.95. The van der Waals surface area contributed by atoms with E-state index < -0.39 is 17.5 Å². The first kappa shape index (κ1) is 20.4. The Kier molecular flexibility index (Phi) is 5.86. The normalized spacial score (nSPS) is 10.5. The van der Waals surface area contributed by atoms with E-state index in [4.69, 9.17) is 0 Å². The van der Waals surface area contributed by atoms with Gasteiger partial charge in [-0.05, 0) is 71.6 Å². The maximum Gasteiger partial charge on any atom is 0.159 e. The van der Waals surface area contributed by atoms with Crippen molar-refractivity contribution in [1.29, 1.82) is 0 Å². The van der Waals surface area contributed by atoms with Crippen LogP contribution < -0.4 is 0 Å². The molecule has 0 unspecified atom stereocenters. The SMILES string of the molecule is C=CCCc1ccc(-c2ccc(C#Cc3ccc4cc(F)c(F)cc4c3)c(F)c2)nc1. The number of halogens is 3. The van der Waals surface area contributed by atoms with E-state index in [1.807, 2.05) is 18.2 Å². The molecule has 3 aromatic carbocycles. The van der Waals surface area contributed by atoms with Gasteiger partial charge in [-0.3, -0.25) is 4.98 Å². The zero-order chi connectivity index (χ0) is 21.8. The van der Waals surface area contributed by atoms with Crippen molar-refractivity contribution in [1.82, 2.24) is 4.98 Å². The molecule has 4 rings (SSSR count). The second-order valence-electron chi connectivity index (χ2n) is 7.15. The molecule has 152 valence electrons. The van der Waals surface area contributed by atoms with Gasteiger partial charge in [0.2, 0.25) is 0 Å². The molecule has 4 heteroatoms. The lowest BCUT2D eigenvalue weighted by Crippen LogP contribution is -1.90. The maximum atomic E-state index is 14.6. The van der Waals surface area contributed by atoms with Crippen molar-refractivity contribution in [3.63, 3.8) is 0 Å². The smallest absolute Gasteiger partial charge is 0.159 e. The summed E-state index contributed by atoms with van der Waals surface area (Å²) in [4.78, 5) is 4.41. The van der Waals surface area contributed by atoms with Crippen LogP contribution in [0.25, 0.3) is 22.0 Å². The van der Waals surface area contributed by atoms with Crippen LogP contribution in [0.2, 0.25) is 0 Å². The van der Waals surface area contributed by atoms with E-state index in [9.17, 15) is 13.2 Å². The van der Waals surface area contributed by atoms with Gasteiger partial charge in [-0.1, -0.05) is 36.1 Å². The lowest BCUT2D eigenvalue weighted by molar-refractivity contribution is 0.511. The lowest BCUT2D eigenvalue weighted by Gasteiger charge is -2.04. The molecule has 0 amide bonds. The largest absolute Gasteiger partial charge is 0.256 e. The third kappa shape index (κ3) is 4.67. The molecule has 1 heterocycles. The van der Waals surface area contributed by atoms with Crippen molar-refractivity contribution in [2.45, 2.75) is 12.8 Å². The molecule has 0 bridgehead atoms. The molecule has 0 radical (unpaired) electrons. The molecule has 0 aliphatic heterocycles. The maximum absolute atomic E-state index is 14.6. The molecule has 0 saturated heterocycles. The summed E-state index contributed by atoms with van der Waals surface area (Å²) in [7, 11) is 0. The Morgan fingerprint density at radius 3 is 2.32 bits per heavy atom. The van der Waals surface area contributed by atoms with E-state index in [1.165, 1.54) is 6.07 Å². The minimum absolute atomic E-state index is 0.247. The van der Waals surface area contributed by atoms with Gasteiger partial charge in [0, 0.05) is 17.3 Å². The highest BCUT2D eigenvalue weighted by molar-refractivity contribution is 5.84. The first-order valence-electron chi connectivity index (χ1n) is 9.80. The van der Waals surface area contributed by atoms with Crippen LogP contribution in [0.3, 0.4) is 0 Å². The van der Waals surface area contributed by atoms with Crippen LogP contribution in [-0.2, 0) is 6.42 Å². The summed E-state index contributed by atoms with van der Waals surface area (Å²) < 4.78 is 41.4. The van der Waals surface area contributed by atoms with Crippen LogP contribution in [0, 0.1) is 29.3 Å². The topological polar surface area (TPSA) is 12.9 Å². The number of fused-ring (bicyclic) bond motifs is 1. The lowest BCUT2D eigenvalue weighted by atomic mass is 10.0. The van der Waals surface area contributed by atoms with Crippen LogP contribution in [0.5, 0.6) is 0 Å². The molecular weight excluding hydrogens is 395 g/mol. The second kappa shape index (κ2) is 8.89. The minimum atomic E-state index is -0.915. The number of nitrogens with zero attached hydrogens (tertiary/aromatic N) is 1. The summed E-state index contributed by atoms with van der Waals surface area (Å²) in [6.45, 7) is 3.71. The Morgan fingerprint density at radius 1 is 0.806 bits per heavy atom.